The van der Waals surface area contributed by atoms with Crippen LogP contribution in [0.1, 0.15) is 16.6 Å². The fourth-order valence-corrected chi connectivity index (χ4v) is 2.35. The Kier molecular flexibility index (Phi) is 3.41. The highest BCUT2D eigenvalue weighted by Gasteiger charge is 2.26. The molecule has 1 aromatic rings. The van der Waals surface area contributed by atoms with E-state index >= 15 is 0 Å². The highest BCUT2D eigenvalue weighted by atomic mass is 35.5. The van der Waals surface area contributed by atoms with E-state index in [1.54, 1.807) is 19.1 Å². The van der Waals surface area contributed by atoms with Crippen LogP contribution >= 0.6 is 22.9 Å². The summed E-state index contributed by atoms with van der Waals surface area (Å²) in [6, 6.07) is 3.45. The molecule has 1 aliphatic rings. The lowest BCUT2D eigenvalue weighted by atomic mass is 10.2. The number of ether oxygens (including phenoxy) is 2. The van der Waals surface area contributed by atoms with E-state index in [1.165, 1.54) is 11.3 Å². The van der Waals surface area contributed by atoms with Gasteiger partial charge in [0.25, 0.3) is 0 Å². The predicted octanol–water partition coefficient (Wildman–Crippen LogP) is 2.39. The summed E-state index contributed by atoms with van der Waals surface area (Å²) in [5.74, 6) is -0.0150. The van der Waals surface area contributed by atoms with Gasteiger partial charge < -0.3 is 9.47 Å². The molecule has 0 aromatic carbocycles. The van der Waals surface area contributed by atoms with Gasteiger partial charge in [-0.3, -0.25) is 4.79 Å². The van der Waals surface area contributed by atoms with E-state index in [-0.39, 0.29) is 11.9 Å². The minimum atomic E-state index is -0.423. The Morgan fingerprint density at radius 2 is 2.40 bits per heavy atom. The van der Waals surface area contributed by atoms with Gasteiger partial charge in [0.15, 0.2) is 0 Å². The summed E-state index contributed by atoms with van der Waals surface area (Å²) in [6.45, 7) is 2.93. The zero-order valence-corrected chi connectivity index (χ0v) is 9.81. The topological polar surface area (TPSA) is 35.5 Å². The number of carbonyl (C=O) groups excluding carboxylic acids is 1. The Labute approximate surface area is 96.9 Å². The van der Waals surface area contributed by atoms with Crippen molar-refractivity contribution in [2.24, 2.45) is 0 Å². The van der Waals surface area contributed by atoms with Gasteiger partial charge in [0.1, 0.15) is 12.2 Å². The van der Waals surface area contributed by atoms with E-state index in [0.29, 0.717) is 22.4 Å². The Balaban J connectivity index is 1.94. The zero-order valence-electron chi connectivity index (χ0n) is 8.23. The third-order valence-electron chi connectivity index (χ3n) is 2.19. The summed E-state index contributed by atoms with van der Waals surface area (Å²) in [5, 5.41) is 0. The molecule has 82 valence electrons. The molecule has 1 aromatic heterocycles. The van der Waals surface area contributed by atoms with E-state index in [9.17, 15) is 4.79 Å². The number of hydrogen-bond acceptors (Lipinski definition) is 4. The summed E-state index contributed by atoms with van der Waals surface area (Å²) in [6.07, 6.45) is -0.354. The normalized spacial score (nSPS) is 18.5. The second-order valence-corrected chi connectivity index (χ2v) is 5.12. The number of rotatable bonds is 4. The Morgan fingerprint density at radius 3 is 2.87 bits per heavy atom. The van der Waals surface area contributed by atoms with Gasteiger partial charge in [-0.1, -0.05) is 11.6 Å². The van der Waals surface area contributed by atoms with Crippen LogP contribution in [0.4, 0.5) is 0 Å². The average Bonchev–Trinajstić information content (AvgIpc) is 2.56. The van der Waals surface area contributed by atoms with E-state index in [0.717, 1.165) is 0 Å². The van der Waals surface area contributed by atoms with Crippen molar-refractivity contribution in [1.29, 1.82) is 0 Å². The molecular weight excluding hydrogens is 236 g/mol. The van der Waals surface area contributed by atoms with Crippen LogP contribution < -0.4 is 0 Å². The molecule has 5 heteroatoms. The molecule has 1 atom stereocenters. The van der Waals surface area contributed by atoms with Crippen molar-refractivity contribution in [3.63, 3.8) is 0 Å². The number of ketones is 1. The third-order valence-corrected chi connectivity index (χ3v) is 3.44. The molecule has 3 nitrogen and oxygen atoms in total. The van der Waals surface area contributed by atoms with Crippen molar-refractivity contribution in [2.45, 2.75) is 19.1 Å². The fraction of sp³-hybridized carbons (Fsp3) is 0.500. The van der Waals surface area contributed by atoms with Crippen LogP contribution in [0, 0.1) is 0 Å². The minimum absolute atomic E-state index is 0.0150. The SMILES string of the molecule is CC(OC1COC1)C(=O)c1ccc(Cl)s1. The molecule has 0 amide bonds. The Bertz CT molecular complexity index is 359. The highest BCUT2D eigenvalue weighted by molar-refractivity contribution is 7.18. The summed E-state index contributed by atoms with van der Waals surface area (Å²) in [7, 11) is 0. The van der Waals surface area contributed by atoms with Crippen LogP contribution in [-0.2, 0) is 9.47 Å². The van der Waals surface area contributed by atoms with Gasteiger partial charge in [0, 0.05) is 0 Å². The molecule has 15 heavy (non-hydrogen) atoms. The van der Waals surface area contributed by atoms with Crippen molar-refractivity contribution in [2.75, 3.05) is 13.2 Å². The van der Waals surface area contributed by atoms with Crippen molar-refractivity contribution >= 4 is 28.7 Å². The van der Waals surface area contributed by atoms with E-state index in [2.05, 4.69) is 0 Å². The van der Waals surface area contributed by atoms with Crippen molar-refractivity contribution in [3.05, 3.63) is 21.3 Å². The maximum atomic E-state index is 11.8. The van der Waals surface area contributed by atoms with E-state index < -0.39 is 6.10 Å². The van der Waals surface area contributed by atoms with Crippen LogP contribution in [-0.4, -0.2) is 31.2 Å². The van der Waals surface area contributed by atoms with Gasteiger partial charge in [-0.25, -0.2) is 0 Å². The number of carbonyl (C=O) groups is 1. The number of thiophene rings is 1. The van der Waals surface area contributed by atoms with Gasteiger partial charge in [0.2, 0.25) is 5.78 Å². The largest absolute Gasteiger partial charge is 0.376 e. The number of halogens is 1. The second-order valence-electron chi connectivity index (χ2n) is 3.41. The summed E-state index contributed by atoms with van der Waals surface area (Å²) in [5.41, 5.74) is 0. The number of Topliss-reactive ketones (excluding diaryl/α,β-unsaturated/α-hetero) is 1. The highest BCUT2D eigenvalue weighted by Crippen LogP contribution is 2.23. The molecule has 1 fully saturated rings. The van der Waals surface area contributed by atoms with E-state index in [4.69, 9.17) is 21.1 Å². The maximum absolute atomic E-state index is 11.8. The van der Waals surface area contributed by atoms with Crippen molar-refractivity contribution in [1.82, 2.24) is 0 Å². The predicted molar refractivity (Wildman–Crippen MR) is 58.8 cm³/mol. The number of hydrogen-bond donors (Lipinski definition) is 0. The Morgan fingerprint density at radius 1 is 1.67 bits per heavy atom. The van der Waals surface area contributed by atoms with Crippen molar-refractivity contribution in [3.8, 4) is 0 Å². The summed E-state index contributed by atoms with van der Waals surface area (Å²) >= 11 is 7.04. The van der Waals surface area contributed by atoms with Crippen LogP contribution in [0.2, 0.25) is 4.34 Å². The van der Waals surface area contributed by atoms with Gasteiger partial charge in [-0.15, -0.1) is 11.3 Å². The molecule has 1 aliphatic heterocycles. The van der Waals surface area contributed by atoms with Crippen molar-refractivity contribution < 1.29 is 14.3 Å². The zero-order chi connectivity index (χ0) is 10.8. The van der Waals surface area contributed by atoms with Gasteiger partial charge in [0.05, 0.1) is 22.4 Å². The molecule has 0 radical (unpaired) electrons. The first-order valence-electron chi connectivity index (χ1n) is 4.69. The molecule has 2 rings (SSSR count). The van der Waals surface area contributed by atoms with Gasteiger partial charge in [-0.05, 0) is 19.1 Å². The first-order valence-corrected chi connectivity index (χ1v) is 5.89. The summed E-state index contributed by atoms with van der Waals surface area (Å²) < 4.78 is 11.1. The lowest BCUT2D eigenvalue weighted by Gasteiger charge is -2.28. The lowest BCUT2D eigenvalue weighted by molar-refractivity contribution is -0.141. The molecular formula is C10H11ClO3S. The minimum Gasteiger partial charge on any atom is -0.376 e. The van der Waals surface area contributed by atoms with E-state index in [1.807, 2.05) is 0 Å². The third kappa shape index (κ3) is 2.58. The van der Waals surface area contributed by atoms with Crippen LogP contribution in [0.15, 0.2) is 12.1 Å². The monoisotopic (exact) mass is 246 g/mol. The molecule has 2 heterocycles. The summed E-state index contributed by atoms with van der Waals surface area (Å²) in [4.78, 5) is 12.5. The molecule has 0 aliphatic carbocycles. The Hall–Kier alpha value is -0.420. The molecule has 0 spiro atoms. The molecule has 0 N–H and O–H groups in total. The smallest absolute Gasteiger partial charge is 0.201 e. The van der Waals surface area contributed by atoms with Crippen LogP contribution in [0.5, 0.6) is 0 Å². The van der Waals surface area contributed by atoms with Gasteiger partial charge >= 0.3 is 0 Å². The van der Waals surface area contributed by atoms with Gasteiger partial charge in [-0.2, -0.15) is 0 Å². The molecule has 1 saturated heterocycles. The molecule has 0 saturated carbocycles. The maximum Gasteiger partial charge on any atom is 0.201 e. The first kappa shape index (κ1) is 11.1. The first-order chi connectivity index (χ1) is 7.16. The van der Waals surface area contributed by atoms with Crippen LogP contribution in [0.3, 0.4) is 0 Å². The standard InChI is InChI=1S/C10H11ClO3S/c1-6(14-7-4-13-5-7)10(12)8-2-3-9(11)15-8/h2-3,6-7H,4-5H2,1H3. The molecule has 0 bridgehead atoms. The molecule has 1 unspecified atom stereocenters. The van der Waals surface area contributed by atoms with Crippen LogP contribution in [0.25, 0.3) is 0 Å². The average molecular weight is 247 g/mol. The fourth-order valence-electron chi connectivity index (χ4n) is 1.29. The quantitative estimate of drug-likeness (QED) is 0.766. The lowest BCUT2D eigenvalue weighted by Crippen LogP contribution is -2.40. The second kappa shape index (κ2) is 4.61.